The van der Waals surface area contributed by atoms with Gasteiger partial charge < -0.3 is 20.1 Å². The van der Waals surface area contributed by atoms with Crippen LogP contribution >= 0.6 is 11.3 Å². The van der Waals surface area contributed by atoms with E-state index in [2.05, 4.69) is 28.1 Å². The molecular weight excluding hydrogens is 408 g/mol. The van der Waals surface area contributed by atoms with Crippen molar-refractivity contribution in [1.29, 1.82) is 0 Å². The molecule has 0 saturated carbocycles. The summed E-state index contributed by atoms with van der Waals surface area (Å²) in [6.07, 6.45) is 1.31. The van der Waals surface area contributed by atoms with E-state index in [1.165, 1.54) is 4.88 Å². The first kappa shape index (κ1) is 19.7. The van der Waals surface area contributed by atoms with Crippen LogP contribution in [0, 0.1) is 0 Å². The second-order valence-electron chi connectivity index (χ2n) is 7.79. The molecule has 2 unspecified atom stereocenters. The second kappa shape index (κ2) is 8.12. The first-order chi connectivity index (χ1) is 15.2. The van der Waals surface area contributed by atoms with E-state index in [-0.39, 0.29) is 17.7 Å². The highest BCUT2D eigenvalue weighted by Gasteiger charge is 2.37. The number of rotatable bonds is 4. The van der Waals surface area contributed by atoms with E-state index in [0.717, 1.165) is 40.4 Å². The molecule has 0 amide bonds. The van der Waals surface area contributed by atoms with Crippen molar-refractivity contribution in [3.8, 4) is 11.5 Å². The highest BCUT2D eigenvalue weighted by Crippen LogP contribution is 2.46. The number of anilines is 2. The van der Waals surface area contributed by atoms with Gasteiger partial charge in [-0.25, -0.2) is 0 Å². The number of thiophene rings is 1. The topological polar surface area (TPSA) is 59.6 Å². The predicted molar refractivity (Wildman–Crippen MR) is 124 cm³/mol. The van der Waals surface area contributed by atoms with Crippen LogP contribution in [0.25, 0.3) is 0 Å². The number of benzene rings is 2. The van der Waals surface area contributed by atoms with E-state index in [1.54, 1.807) is 25.6 Å². The summed E-state index contributed by atoms with van der Waals surface area (Å²) in [5.41, 5.74) is 4.62. The fraction of sp³-hybridized carbons (Fsp3) is 0.240. The van der Waals surface area contributed by atoms with Gasteiger partial charge in [0.25, 0.3) is 0 Å². The van der Waals surface area contributed by atoms with Crippen molar-refractivity contribution in [2.45, 2.75) is 24.8 Å². The minimum absolute atomic E-state index is 0.162. The monoisotopic (exact) mass is 432 g/mol. The molecule has 5 rings (SSSR count). The molecule has 0 spiro atoms. The van der Waals surface area contributed by atoms with Crippen molar-refractivity contribution in [3.63, 3.8) is 0 Å². The summed E-state index contributed by atoms with van der Waals surface area (Å²) in [5, 5.41) is 9.26. The standard InChI is InChI=1S/C25H24N2O3S/c1-29-16-9-10-17(22(14-16)30-2)25-24-20(26-18-6-3-4-7-19(18)27-25)12-15(13-21(24)28)23-8-5-11-31-23/h3-11,14-15,25-27H,12-13H2,1-2H3. The molecule has 6 heteroatoms. The van der Waals surface area contributed by atoms with Crippen LogP contribution in [-0.2, 0) is 4.79 Å². The third-order valence-electron chi connectivity index (χ3n) is 6.01. The van der Waals surface area contributed by atoms with Gasteiger partial charge in [-0.3, -0.25) is 4.79 Å². The van der Waals surface area contributed by atoms with E-state index < -0.39 is 0 Å². The Kier molecular flexibility index (Phi) is 5.16. The Balaban J connectivity index is 1.65. The zero-order valence-corrected chi connectivity index (χ0v) is 18.3. The van der Waals surface area contributed by atoms with E-state index >= 15 is 0 Å². The molecule has 0 radical (unpaired) electrons. The van der Waals surface area contributed by atoms with E-state index in [4.69, 9.17) is 9.47 Å². The maximum absolute atomic E-state index is 13.5. The highest BCUT2D eigenvalue weighted by molar-refractivity contribution is 7.10. The van der Waals surface area contributed by atoms with Crippen molar-refractivity contribution >= 4 is 28.5 Å². The van der Waals surface area contributed by atoms with Crippen LogP contribution in [0.2, 0.25) is 0 Å². The molecule has 158 valence electrons. The molecule has 1 aromatic heterocycles. The van der Waals surface area contributed by atoms with Gasteiger partial charge >= 0.3 is 0 Å². The summed E-state index contributed by atoms with van der Waals surface area (Å²) in [6.45, 7) is 0. The molecular formula is C25H24N2O3S. The number of fused-ring (bicyclic) bond motifs is 1. The number of methoxy groups -OCH3 is 2. The first-order valence-corrected chi connectivity index (χ1v) is 11.2. The maximum Gasteiger partial charge on any atom is 0.163 e. The zero-order valence-electron chi connectivity index (χ0n) is 17.5. The third-order valence-corrected chi connectivity index (χ3v) is 7.04. The normalized spacial score (nSPS) is 20.1. The largest absolute Gasteiger partial charge is 0.497 e. The van der Waals surface area contributed by atoms with Crippen molar-refractivity contribution in [2.75, 3.05) is 24.9 Å². The van der Waals surface area contributed by atoms with E-state index in [1.807, 2.05) is 42.5 Å². The van der Waals surface area contributed by atoms with Crippen molar-refractivity contribution in [3.05, 3.63) is 81.7 Å². The Morgan fingerprint density at radius 1 is 0.968 bits per heavy atom. The Hall–Kier alpha value is -3.25. The molecule has 31 heavy (non-hydrogen) atoms. The smallest absolute Gasteiger partial charge is 0.163 e. The molecule has 2 atom stereocenters. The SMILES string of the molecule is COc1ccc(C2Nc3ccccc3NC3=C2C(=O)CC(c2cccs2)C3)c(OC)c1. The summed E-state index contributed by atoms with van der Waals surface area (Å²) < 4.78 is 11.1. The molecule has 0 fully saturated rings. The van der Waals surface area contributed by atoms with E-state index in [0.29, 0.717) is 12.2 Å². The molecule has 2 heterocycles. The lowest BCUT2D eigenvalue weighted by Crippen LogP contribution is -2.26. The van der Waals surface area contributed by atoms with Gasteiger partial charge in [0.1, 0.15) is 11.5 Å². The van der Waals surface area contributed by atoms with Gasteiger partial charge in [0.05, 0.1) is 31.6 Å². The van der Waals surface area contributed by atoms with Gasteiger partial charge in [-0.05, 0) is 42.1 Å². The van der Waals surface area contributed by atoms with Gasteiger partial charge in [0.2, 0.25) is 0 Å². The molecule has 0 saturated heterocycles. The Morgan fingerprint density at radius 2 is 1.81 bits per heavy atom. The molecule has 5 nitrogen and oxygen atoms in total. The molecule has 1 aliphatic carbocycles. The van der Waals surface area contributed by atoms with Crippen LogP contribution in [0.5, 0.6) is 11.5 Å². The maximum atomic E-state index is 13.5. The minimum Gasteiger partial charge on any atom is -0.497 e. The van der Waals surface area contributed by atoms with Crippen LogP contribution < -0.4 is 20.1 Å². The van der Waals surface area contributed by atoms with Gasteiger partial charge in [0, 0.05) is 40.1 Å². The highest BCUT2D eigenvalue weighted by atomic mass is 32.1. The van der Waals surface area contributed by atoms with E-state index in [9.17, 15) is 4.79 Å². The number of Topliss-reactive ketones (excluding diaryl/α,β-unsaturated/α-hetero) is 1. The Morgan fingerprint density at radius 3 is 2.55 bits per heavy atom. The van der Waals surface area contributed by atoms with Gasteiger partial charge in [-0.2, -0.15) is 0 Å². The second-order valence-corrected chi connectivity index (χ2v) is 8.77. The van der Waals surface area contributed by atoms with Crippen LogP contribution in [0.1, 0.15) is 35.2 Å². The summed E-state index contributed by atoms with van der Waals surface area (Å²) >= 11 is 1.72. The lowest BCUT2D eigenvalue weighted by atomic mass is 9.80. The van der Waals surface area contributed by atoms with Gasteiger partial charge in [-0.1, -0.05) is 18.2 Å². The molecule has 2 N–H and O–H groups in total. The average molecular weight is 433 g/mol. The van der Waals surface area contributed by atoms with Crippen molar-refractivity contribution in [2.24, 2.45) is 0 Å². The number of carbonyl (C=O) groups is 1. The molecule has 2 aromatic carbocycles. The number of nitrogens with one attached hydrogen (secondary N) is 2. The lowest BCUT2D eigenvalue weighted by Gasteiger charge is -2.30. The van der Waals surface area contributed by atoms with Crippen LogP contribution in [0.4, 0.5) is 11.4 Å². The molecule has 3 aromatic rings. The first-order valence-electron chi connectivity index (χ1n) is 10.3. The number of allylic oxidation sites excluding steroid dienone is 1. The number of hydrogen-bond acceptors (Lipinski definition) is 6. The Labute approximate surface area is 185 Å². The summed E-state index contributed by atoms with van der Waals surface area (Å²) in [5.74, 6) is 1.77. The number of ether oxygens (including phenoxy) is 2. The average Bonchev–Trinajstić information content (AvgIpc) is 3.28. The predicted octanol–water partition coefficient (Wildman–Crippen LogP) is 5.74. The van der Waals surface area contributed by atoms with Crippen LogP contribution in [0.15, 0.2) is 71.2 Å². The third kappa shape index (κ3) is 3.57. The Bertz CT molecular complexity index is 1150. The quantitative estimate of drug-likeness (QED) is 0.550. The minimum atomic E-state index is -0.316. The number of hydrogen-bond donors (Lipinski definition) is 2. The number of carbonyl (C=O) groups excluding carboxylic acids is 1. The summed E-state index contributed by atoms with van der Waals surface area (Å²) in [4.78, 5) is 14.8. The number of para-hydroxylation sites is 2. The van der Waals surface area contributed by atoms with Gasteiger partial charge in [0.15, 0.2) is 5.78 Å². The fourth-order valence-corrected chi connectivity index (χ4v) is 5.34. The fourth-order valence-electron chi connectivity index (χ4n) is 4.51. The van der Waals surface area contributed by atoms with Crippen molar-refractivity contribution < 1.29 is 14.3 Å². The van der Waals surface area contributed by atoms with Crippen LogP contribution in [-0.4, -0.2) is 20.0 Å². The molecule has 1 aliphatic heterocycles. The number of ketones is 1. The lowest BCUT2D eigenvalue weighted by molar-refractivity contribution is -0.116. The molecule has 0 bridgehead atoms. The summed E-state index contributed by atoms with van der Waals surface area (Å²) in [7, 11) is 3.28. The van der Waals surface area contributed by atoms with Crippen LogP contribution in [0.3, 0.4) is 0 Å². The molecule has 2 aliphatic rings. The summed E-state index contributed by atoms with van der Waals surface area (Å²) in [6, 6.07) is 17.7. The van der Waals surface area contributed by atoms with Gasteiger partial charge in [-0.15, -0.1) is 11.3 Å². The van der Waals surface area contributed by atoms with Crippen molar-refractivity contribution in [1.82, 2.24) is 0 Å². The zero-order chi connectivity index (χ0) is 21.4.